The van der Waals surface area contributed by atoms with Crippen molar-refractivity contribution in [1.82, 2.24) is 10.6 Å². The van der Waals surface area contributed by atoms with Gasteiger partial charge in [-0.3, -0.25) is 4.79 Å². The van der Waals surface area contributed by atoms with Crippen LogP contribution in [0, 0.1) is 17.3 Å². The van der Waals surface area contributed by atoms with Crippen molar-refractivity contribution in [2.45, 2.75) is 32.1 Å². The molecule has 1 amide bonds. The summed E-state index contributed by atoms with van der Waals surface area (Å²) in [4.78, 5) is 11.9. The van der Waals surface area contributed by atoms with Crippen molar-refractivity contribution in [1.29, 1.82) is 0 Å². The van der Waals surface area contributed by atoms with E-state index < -0.39 is 0 Å². The molecule has 4 heteroatoms. The summed E-state index contributed by atoms with van der Waals surface area (Å²) in [7, 11) is 0. The predicted molar refractivity (Wildman–Crippen MR) is 65.6 cm³/mol. The van der Waals surface area contributed by atoms with Crippen LogP contribution in [-0.2, 0) is 4.79 Å². The molecule has 3 rings (SSSR count). The van der Waals surface area contributed by atoms with E-state index in [0.717, 1.165) is 19.6 Å². The van der Waals surface area contributed by atoms with E-state index in [4.69, 9.17) is 0 Å². The smallest absolute Gasteiger partial charge is 0.223 e. The van der Waals surface area contributed by atoms with E-state index in [2.05, 4.69) is 10.6 Å². The fourth-order valence-electron chi connectivity index (χ4n) is 3.21. The van der Waals surface area contributed by atoms with Crippen LogP contribution in [0.4, 0.5) is 0 Å². The molecule has 1 spiro atoms. The van der Waals surface area contributed by atoms with Gasteiger partial charge in [-0.1, -0.05) is 12.8 Å². The van der Waals surface area contributed by atoms with E-state index in [1.165, 1.54) is 32.1 Å². The van der Waals surface area contributed by atoms with E-state index in [-0.39, 0.29) is 12.4 Å². The summed E-state index contributed by atoms with van der Waals surface area (Å²) in [5, 5.41) is 6.35. The van der Waals surface area contributed by atoms with Gasteiger partial charge in [-0.05, 0) is 24.7 Å². The van der Waals surface area contributed by atoms with E-state index in [9.17, 15) is 4.79 Å². The molecule has 1 saturated heterocycles. The summed E-state index contributed by atoms with van der Waals surface area (Å²) < 4.78 is 0. The molecule has 2 aliphatic carbocycles. The molecule has 1 unspecified atom stereocenters. The molecule has 16 heavy (non-hydrogen) atoms. The van der Waals surface area contributed by atoms with Gasteiger partial charge in [0.2, 0.25) is 5.91 Å². The fraction of sp³-hybridized carbons (Fsp3) is 0.917. The average molecular weight is 245 g/mol. The molecule has 1 aliphatic heterocycles. The standard InChI is InChI=1S/C12H20N2O.ClH/c15-11(14-8-9-6-13-7-9)10-5-12(10)3-1-2-4-12;/h9-10,13H,1-8H2,(H,14,15);1H. The molecule has 0 aromatic heterocycles. The summed E-state index contributed by atoms with van der Waals surface area (Å²) in [6.07, 6.45) is 6.46. The SMILES string of the molecule is Cl.O=C(NCC1CNC1)C1CC12CCCC2. The Morgan fingerprint density at radius 1 is 1.31 bits per heavy atom. The molecule has 3 fully saturated rings. The minimum absolute atomic E-state index is 0. The second kappa shape index (κ2) is 4.53. The number of carbonyl (C=O) groups excluding carboxylic acids is 1. The lowest BCUT2D eigenvalue weighted by Gasteiger charge is -2.27. The zero-order chi connectivity index (χ0) is 10.3. The fourth-order valence-corrected chi connectivity index (χ4v) is 3.21. The maximum Gasteiger partial charge on any atom is 0.223 e. The van der Waals surface area contributed by atoms with Crippen LogP contribution in [0.5, 0.6) is 0 Å². The number of amides is 1. The number of carbonyl (C=O) groups is 1. The topological polar surface area (TPSA) is 41.1 Å². The zero-order valence-corrected chi connectivity index (χ0v) is 10.4. The third-order valence-electron chi connectivity index (χ3n) is 4.54. The Balaban J connectivity index is 0.000000963. The van der Waals surface area contributed by atoms with Crippen LogP contribution < -0.4 is 10.6 Å². The van der Waals surface area contributed by atoms with Crippen molar-refractivity contribution < 1.29 is 4.79 Å². The molecule has 1 atom stereocenters. The van der Waals surface area contributed by atoms with Gasteiger partial charge < -0.3 is 10.6 Å². The Kier molecular flexibility index (Phi) is 3.45. The maximum absolute atomic E-state index is 11.9. The van der Waals surface area contributed by atoms with Crippen LogP contribution in [0.15, 0.2) is 0 Å². The lowest BCUT2D eigenvalue weighted by atomic mass is 10.0. The van der Waals surface area contributed by atoms with Crippen molar-refractivity contribution in [2.75, 3.05) is 19.6 Å². The summed E-state index contributed by atoms with van der Waals surface area (Å²) in [6.45, 7) is 3.05. The highest BCUT2D eigenvalue weighted by atomic mass is 35.5. The summed E-state index contributed by atoms with van der Waals surface area (Å²) in [5.41, 5.74) is 0.460. The third kappa shape index (κ3) is 2.07. The van der Waals surface area contributed by atoms with Gasteiger partial charge in [-0.2, -0.15) is 0 Å². The van der Waals surface area contributed by atoms with Gasteiger partial charge in [-0.15, -0.1) is 12.4 Å². The van der Waals surface area contributed by atoms with E-state index in [0.29, 0.717) is 23.2 Å². The predicted octanol–water partition coefficient (Wildman–Crippen LogP) is 1.32. The lowest BCUT2D eigenvalue weighted by molar-refractivity contribution is -0.123. The first kappa shape index (κ1) is 12.2. The Morgan fingerprint density at radius 2 is 2.00 bits per heavy atom. The highest BCUT2D eigenvalue weighted by molar-refractivity contribution is 5.85. The molecule has 3 nitrogen and oxygen atoms in total. The zero-order valence-electron chi connectivity index (χ0n) is 9.63. The molecule has 0 radical (unpaired) electrons. The minimum atomic E-state index is 0. The summed E-state index contributed by atoms with van der Waals surface area (Å²) >= 11 is 0. The van der Waals surface area contributed by atoms with Crippen LogP contribution in [0.3, 0.4) is 0 Å². The van der Waals surface area contributed by atoms with Gasteiger partial charge in [0.15, 0.2) is 0 Å². The number of halogens is 1. The molecule has 92 valence electrons. The van der Waals surface area contributed by atoms with Gasteiger partial charge >= 0.3 is 0 Å². The lowest BCUT2D eigenvalue weighted by Crippen LogP contribution is -2.48. The monoisotopic (exact) mass is 244 g/mol. The first-order valence-corrected chi connectivity index (χ1v) is 6.29. The minimum Gasteiger partial charge on any atom is -0.355 e. The van der Waals surface area contributed by atoms with Crippen LogP contribution in [0.1, 0.15) is 32.1 Å². The van der Waals surface area contributed by atoms with Crippen LogP contribution in [0.25, 0.3) is 0 Å². The van der Waals surface area contributed by atoms with Crippen molar-refractivity contribution in [2.24, 2.45) is 17.3 Å². The second-order valence-electron chi connectivity index (χ2n) is 5.60. The van der Waals surface area contributed by atoms with Crippen molar-refractivity contribution in [3.05, 3.63) is 0 Å². The van der Waals surface area contributed by atoms with Gasteiger partial charge in [0, 0.05) is 31.5 Å². The Labute approximate surface area is 103 Å². The van der Waals surface area contributed by atoms with E-state index in [1.54, 1.807) is 0 Å². The van der Waals surface area contributed by atoms with Crippen LogP contribution >= 0.6 is 12.4 Å². The number of hydrogen-bond donors (Lipinski definition) is 2. The normalized spacial score (nSPS) is 30.6. The molecule has 0 bridgehead atoms. The largest absolute Gasteiger partial charge is 0.355 e. The Morgan fingerprint density at radius 3 is 2.56 bits per heavy atom. The molecular weight excluding hydrogens is 224 g/mol. The average Bonchev–Trinajstić information content (AvgIpc) is 2.62. The summed E-state index contributed by atoms with van der Waals surface area (Å²) in [6, 6.07) is 0. The van der Waals surface area contributed by atoms with Gasteiger partial charge in [0.25, 0.3) is 0 Å². The van der Waals surface area contributed by atoms with Crippen molar-refractivity contribution in [3.8, 4) is 0 Å². The number of nitrogens with one attached hydrogen (secondary N) is 2. The third-order valence-corrected chi connectivity index (χ3v) is 4.54. The molecular formula is C12H21ClN2O. The number of hydrogen-bond acceptors (Lipinski definition) is 2. The van der Waals surface area contributed by atoms with Crippen molar-refractivity contribution in [3.63, 3.8) is 0 Å². The quantitative estimate of drug-likeness (QED) is 0.787. The van der Waals surface area contributed by atoms with E-state index >= 15 is 0 Å². The number of rotatable bonds is 3. The Bertz CT molecular complexity index is 272. The van der Waals surface area contributed by atoms with Crippen molar-refractivity contribution >= 4 is 18.3 Å². The highest BCUT2D eigenvalue weighted by Gasteiger charge is 2.58. The second-order valence-corrected chi connectivity index (χ2v) is 5.60. The first-order valence-electron chi connectivity index (χ1n) is 6.29. The maximum atomic E-state index is 11.9. The van der Waals surface area contributed by atoms with E-state index in [1.807, 2.05) is 0 Å². The first-order chi connectivity index (χ1) is 7.30. The summed E-state index contributed by atoms with van der Waals surface area (Å²) in [5.74, 6) is 1.39. The molecule has 2 N–H and O–H groups in total. The molecule has 3 aliphatic rings. The molecule has 0 aromatic rings. The van der Waals surface area contributed by atoms with Gasteiger partial charge in [-0.25, -0.2) is 0 Å². The van der Waals surface area contributed by atoms with Crippen LogP contribution in [-0.4, -0.2) is 25.5 Å². The van der Waals surface area contributed by atoms with Gasteiger partial charge in [0.05, 0.1) is 0 Å². The Hall–Kier alpha value is -0.280. The van der Waals surface area contributed by atoms with Gasteiger partial charge in [0.1, 0.15) is 0 Å². The molecule has 1 heterocycles. The molecule has 0 aromatic carbocycles. The molecule has 2 saturated carbocycles. The van der Waals surface area contributed by atoms with Crippen LogP contribution in [0.2, 0.25) is 0 Å². The highest BCUT2D eigenvalue weighted by Crippen LogP contribution is 2.62.